The van der Waals surface area contributed by atoms with Crippen molar-refractivity contribution in [1.29, 1.82) is 0 Å². The van der Waals surface area contributed by atoms with Gasteiger partial charge in [0.15, 0.2) is 0 Å². The molecule has 0 bridgehead atoms. The lowest BCUT2D eigenvalue weighted by molar-refractivity contribution is -0.0669. The summed E-state index contributed by atoms with van der Waals surface area (Å²) in [7, 11) is -2.71. The average molecular weight is 252 g/mol. The van der Waals surface area contributed by atoms with Gasteiger partial charge >= 0.3 is 0 Å². The molecule has 1 unspecified atom stereocenters. The van der Waals surface area contributed by atoms with Gasteiger partial charge in [0.05, 0.1) is 6.61 Å². The van der Waals surface area contributed by atoms with Gasteiger partial charge in [-0.25, -0.2) is 8.42 Å². The summed E-state index contributed by atoms with van der Waals surface area (Å²) in [6.45, 7) is 6.40. The van der Waals surface area contributed by atoms with E-state index in [1.807, 2.05) is 6.92 Å². The van der Waals surface area contributed by atoms with Crippen molar-refractivity contribution in [3.05, 3.63) is 0 Å². The Kier molecular flexibility index (Phi) is 6.90. The van der Waals surface area contributed by atoms with E-state index in [9.17, 15) is 8.42 Å². The lowest BCUT2D eigenvalue weighted by Crippen LogP contribution is -2.52. The Balaban J connectivity index is 2.21. The zero-order chi connectivity index (χ0) is 11.8. The third-order valence-corrected chi connectivity index (χ3v) is 2.84. The van der Waals surface area contributed by atoms with Gasteiger partial charge in [0, 0.05) is 32.8 Å². The molecule has 1 aliphatic rings. The standard InChI is InChI=1S/C9H20N2O4S/c1-2-14-9-8-10-4-6-11(9)5-3-7-15-16(12)13/h9-10,16H,2-8H2,1H3. The predicted molar refractivity (Wildman–Crippen MR) is 60.7 cm³/mol. The molecule has 1 saturated heterocycles. The maximum absolute atomic E-state index is 10.2. The van der Waals surface area contributed by atoms with E-state index in [0.717, 1.165) is 26.2 Å². The fourth-order valence-electron chi connectivity index (χ4n) is 1.74. The molecule has 0 amide bonds. The van der Waals surface area contributed by atoms with Crippen LogP contribution in [0, 0.1) is 0 Å². The highest BCUT2D eigenvalue weighted by Crippen LogP contribution is 2.05. The van der Waals surface area contributed by atoms with E-state index in [-0.39, 0.29) is 12.8 Å². The fourth-order valence-corrected chi connectivity index (χ4v) is 2.02. The van der Waals surface area contributed by atoms with Gasteiger partial charge in [0.2, 0.25) is 0 Å². The molecule has 1 fully saturated rings. The molecule has 0 radical (unpaired) electrons. The molecule has 0 aliphatic carbocycles. The number of piperazine rings is 1. The summed E-state index contributed by atoms with van der Waals surface area (Å²) >= 11 is 0. The van der Waals surface area contributed by atoms with Crippen molar-refractivity contribution in [3.63, 3.8) is 0 Å². The molecule has 16 heavy (non-hydrogen) atoms. The molecule has 0 spiro atoms. The van der Waals surface area contributed by atoms with E-state index in [4.69, 9.17) is 4.74 Å². The second-order valence-electron chi connectivity index (χ2n) is 3.56. The molecule has 1 aliphatic heterocycles. The van der Waals surface area contributed by atoms with E-state index in [0.29, 0.717) is 13.0 Å². The minimum absolute atomic E-state index is 0.0970. The van der Waals surface area contributed by atoms with Crippen molar-refractivity contribution in [1.82, 2.24) is 10.2 Å². The molecule has 0 saturated carbocycles. The van der Waals surface area contributed by atoms with Crippen LogP contribution in [0.5, 0.6) is 0 Å². The second-order valence-corrected chi connectivity index (χ2v) is 4.27. The van der Waals surface area contributed by atoms with Gasteiger partial charge < -0.3 is 10.1 Å². The molecule has 1 heterocycles. The SMILES string of the molecule is CCOC1CNCCN1CCCO[SH](=O)=O. The maximum atomic E-state index is 10.2. The number of thiol groups is 1. The average Bonchev–Trinajstić information content (AvgIpc) is 2.26. The molecule has 1 atom stereocenters. The van der Waals surface area contributed by atoms with E-state index < -0.39 is 11.0 Å². The number of nitrogens with one attached hydrogen (secondary N) is 1. The van der Waals surface area contributed by atoms with Crippen LogP contribution >= 0.6 is 0 Å². The first-order valence-corrected chi connectivity index (χ1v) is 6.67. The van der Waals surface area contributed by atoms with Gasteiger partial charge in [-0.1, -0.05) is 0 Å². The summed E-state index contributed by atoms with van der Waals surface area (Å²) in [5, 5.41) is 3.26. The van der Waals surface area contributed by atoms with Gasteiger partial charge in [-0.05, 0) is 13.3 Å². The summed E-state index contributed by atoms with van der Waals surface area (Å²) in [6.07, 6.45) is 0.798. The zero-order valence-electron chi connectivity index (χ0n) is 9.55. The quantitative estimate of drug-likeness (QED) is 0.456. The number of ether oxygens (including phenoxy) is 1. The fraction of sp³-hybridized carbons (Fsp3) is 1.00. The van der Waals surface area contributed by atoms with Crippen molar-refractivity contribution in [3.8, 4) is 0 Å². The molecule has 6 nitrogen and oxygen atoms in total. The summed E-state index contributed by atoms with van der Waals surface area (Å²) in [4.78, 5) is 2.21. The first-order valence-electron chi connectivity index (χ1n) is 5.57. The Bertz CT molecular complexity index is 250. The Morgan fingerprint density at radius 3 is 3.00 bits per heavy atom. The van der Waals surface area contributed by atoms with Gasteiger partial charge in [0.25, 0.3) is 11.0 Å². The molecule has 0 aromatic rings. The number of rotatable bonds is 7. The van der Waals surface area contributed by atoms with Crippen LogP contribution in [0.15, 0.2) is 0 Å². The van der Waals surface area contributed by atoms with Crippen LogP contribution < -0.4 is 5.32 Å². The van der Waals surface area contributed by atoms with Crippen LogP contribution in [0.3, 0.4) is 0 Å². The largest absolute Gasteiger partial charge is 0.362 e. The molecule has 7 heteroatoms. The van der Waals surface area contributed by atoms with E-state index >= 15 is 0 Å². The Hall–Kier alpha value is -0.210. The highest BCUT2D eigenvalue weighted by molar-refractivity contribution is 7.67. The topological polar surface area (TPSA) is 67.9 Å². The minimum atomic E-state index is -2.71. The first-order chi connectivity index (χ1) is 7.74. The van der Waals surface area contributed by atoms with E-state index in [1.54, 1.807) is 0 Å². The summed E-state index contributed by atoms with van der Waals surface area (Å²) < 4.78 is 30.4. The van der Waals surface area contributed by atoms with Crippen molar-refractivity contribution >= 4 is 11.0 Å². The number of nitrogens with zero attached hydrogens (tertiary/aromatic N) is 1. The first kappa shape index (κ1) is 13.9. The van der Waals surface area contributed by atoms with Gasteiger partial charge in [-0.15, -0.1) is 0 Å². The van der Waals surface area contributed by atoms with E-state index in [1.165, 1.54) is 0 Å². The molecular formula is C9H20N2O4S. The molecule has 0 aromatic heterocycles. The van der Waals surface area contributed by atoms with E-state index in [2.05, 4.69) is 14.4 Å². The molecule has 0 aromatic carbocycles. The van der Waals surface area contributed by atoms with Crippen molar-refractivity contribution in [2.45, 2.75) is 19.6 Å². The lowest BCUT2D eigenvalue weighted by atomic mass is 10.3. The summed E-state index contributed by atoms with van der Waals surface area (Å²) in [6, 6.07) is 0. The van der Waals surface area contributed by atoms with Gasteiger partial charge in [-0.2, -0.15) is 0 Å². The van der Waals surface area contributed by atoms with Gasteiger partial charge in [0.1, 0.15) is 6.23 Å². The van der Waals surface area contributed by atoms with Crippen LogP contribution in [0.2, 0.25) is 0 Å². The minimum Gasteiger partial charge on any atom is -0.362 e. The van der Waals surface area contributed by atoms with Crippen molar-refractivity contribution in [2.75, 3.05) is 39.4 Å². The third kappa shape index (κ3) is 5.22. The van der Waals surface area contributed by atoms with Crippen LogP contribution in [0.1, 0.15) is 13.3 Å². The van der Waals surface area contributed by atoms with Crippen LogP contribution in [0.4, 0.5) is 0 Å². The maximum Gasteiger partial charge on any atom is 0.257 e. The Labute approximate surface area is 98.1 Å². The summed E-state index contributed by atoms with van der Waals surface area (Å²) in [5.74, 6) is 0. The lowest BCUT2D eigenvalue weighted by Gasteiger charge is -2.35. The number of hydrogen-bond donors (Lipinski definition) is 2. The third-order valence-electron chi connectivity index (χ3n) is 2.45. The van der Waals surface area contributed by atoms with Gasteiger partial charge in [-0.3, -0.25) is 9.08 Å². The van der Waals surface area contributed by atoms with Crippen molar-refractivity contribution < 1.29 is 17.3 Å². The van der Waals surface area contributed by atoms with Crippen LogP contribution in [0.25, 0.3) is 0 Å². The zero-order valence-corrected chi connectivity index (χ0v) is 10.4. The molecule has 1 N–H and O–H groups in total. The van der Waals surface area contributed by atoms with Crippen molar-refractivity contribution in [2.24, 2.45) is 0 Å². The normalized spacial score (nSPS) is 22.8. The highest BCUT2D eigenvalue weighted by atomic mass is 32.2. The summed E-state index contributed by atoms with van der Waals surface area (Å²) in [5.41, 5.74) is 0. The number of hydrogen-bond acceptors (Lipinski definition) is 6. The monoisotopic (exact) mass is 252 g/mol. The molecular weight excluding hydrogens is 232 g/mol. The second kappa shape index (κ2) is 7.97. The van der Waals surface area contributed by atoms with Crippen LogP contribution in [-0.4, -0.2) is 58.9 Å². The predicted octanol–water partition coefficient (Wildman–Crippen LogP) is -0.813. The molecule has 96 valence electrons. The Morgan fingerprint density at radius 2 is 2.31 bits per heavy atom. The smallest absolute Gasteiger partial charge is 0.257 e. The molecule has 1 rings (SSSR count). The highest BCUT2D eigenvalue weighted by Gasteiger charge is 2.21. The Morgan fingerprint density at radius 1 is 1.50 bits per heavy atom. The van der Waals surface area contributed by atoms with Crippen LogP contribution in [-0.2, 0) is 19.9 Å².